The minimum absolute atomic E-state index is 0.180. The number of aryl methyl sites for hydroxylation is 2. The Morgan fingerprint density at radius 1 is 1.00 bits per heavy atom. The van der Waals surface area contributed by atoms with Crippen LogP contribution in [0.15, 0.2) is 0 Å². The summed E-state index contributed by atoms with van der Waals surface area (Å²) in [7, 11) is 0. The van der Waals surface area contributed by atoms with Crippen molar-refractivity contribution in [3.05, 3.63) is 16.3 Å². The van der Waals surface area contributed by atoms with Gasteiger partial charge in [0.05, 0.1) is 18.5 Å². The smallest absolute Gasteiger partial charge is 0.219 e. The Morgan fingerprint density at radius 2 is 1.76 bits per heavy atom. The molecule has 5 rings (SSSR count). The standard InChI is InChI=1S/C22H31N5OS/c1-16(28)26-11-13-27(14-12-26)21-20-17-7-3-4-8-18(17)29-22(20)24-19(23-21)15-25-9-5-2-6-10-25/h2-15H2,1H3/p+1. The maximum Gasteiger partial charge on any atom is 0.219 e. The molecule has 1 aliphatic carbocycles. The van der Waals surface area contributed by atoms with Crippen LogP contribution >= 0.6 is 11.3 Å². The number of hydrogen-bond acceptors (Lipinski definition) is 5. The number of quaternary nitrogens is 1. The first-order valence-corrected chi connectivity index (χ1v) is 12.2. The second-order valence-electron chi connectivity index (χ2n) is 8.84. The van der Waals surface area contributed by atoms with E-state index in [0.717, 1.165) is 50.8 Å². The van der Waals surface area contributed by atoms with Crippen LogP contribution in [0.25, 0.3) is 10.2 Å². The third kappa shape index (κ3) is 3.87. The van der Waals surface area contributed by atoms with Crippen molar-refractivity contribution in [3.63, 3.8) is 0 Å². The van der Waals surface area contributed by atoms with Gasteiger partial charge in [-0.25, -0.2) is 9.97 Å². The third-order valence-corrected chi connectivity index (χ3v) is 8.02. The van der Waals surface area contributed by atoms with Gasteiger partial charge in [-0.3, -0.25) is 4.79 Å². The molecule has 0 radical (unpaired) electrons. The van der Waals surface area contributed by atoms with Crippen molar-refractivity contribution in [1.29, 1.82) is 0 Å². The number of likely N-dealkylation sites (tertiary alicyclic amines) is 1. The molecule has 2 fully saturated rings. The molecule has 2 aromatic heterocycles. The van der Waals surface area contributed by atoms with E-state index in [0.29, 0.717) is 0 Å². The fourth-order valence-corrected chi connectivity index (χ4v) is 6.45. The minimum Gasteiger partial charge on any atom is -0.352 e. The second-order valence-corrected chi connectivity index (χ2v) is 9.92. The highest BCUT2D eigenvalue weighted by Gasteiger charge is 2.27. The molecule has 0 unspecified atom stereocenters. The first-order chi connectivity index (χ1) is 14.2. The summed E-state index contributed by atoms with van der Waals surface area (Å²) in [5.41, 5.74) is 1.51. The lowest BCUT2D eigenvalue weighted by Crippen LogP contribution is -3.11. The average Bonchev–Trinajstić information content (AvgIpc) is 3.12. The SMILES string of the molecule is CC(=O)N1CCN(c2nc(C[NH+]3CCCCC3)nc3sc4c(c23)CCCC4)CC1. The number of nitrogens with one attached hydrogen (secondary N) is 1. The number of thiophene rings is 1. The Kier molecular flexibility index (Phi) is 5.43. The largest absolute Gasteiger partial charge is 0.352 e. The summed E-state index contributed by atoms with van der Waals surface area (Å²) < 4.78 is 0. The molecule has 2 aromatic rings. The second kappa shape index (κ2) is 8.19. The van der Waals surface area contributed by atoms with E-state index in [-0.39, 0.29) is 5.91 Å². The van der Waals surface area contributed by atoms with Gasteiger partial charge in [0, 0.05) is 38.0 Å². The number of piperidine rings is 1. The average molecular weight is 415 g/mol. The number of carbonyl (C=O) groups is 1. The number of nitrogens with zero attached hydrogens (tertiary/aromatic N) is 4. The summed E-state index contributed by atoms with van der Waals surface area (Å²) >= 11 is 1.91. The van der Waals surface area contributed by atoms with Gasteiger partial charge in [0.15, 0.2) is 5.82 Å². The summed E-state index contributed by atoms with van der Waals surface area (Å²) in [6, 6.07) is 0. The van der Waals surface area contributed by atoms with Crippen molar-refractivity contribution in [2.75, 3.05) is 44.2 Å². The van der Waals surface area contributed by atoms with Gasteiger partial charge in [0.25, 0.3) is 0 Å². The minimum atomic E-state index is 0.180. The lowest BCUT2D eigenvalue weighted by Gasteiger charge is -2.35. The molecular weight excluding hydrogens is 382 g/mol. The topological polar surface area (TPSA) is 53.8 Å². The Labute approximate surface area is 176 Å². The monoisotopic (exact) mass is 414 g/mol. The Balaban J connectivity index is 1.50. The molecule has 0 aromatic carbocycles. The molecule has 2 aliphatic heterocycles. The molecule has 2 saturated heterocycles. The molecule has 1 N–H and O–H groups in total. The van der Waals surface area contributed by atoms with Crippen LogP contribution in [0.5, 0.6) is 0 Å². The van der Waals surface area contributed by atoms with E-state index in [4.69, 9.17) is 9.97 Å². The van der Waals surface area contributed by atoms with Gasteiger partial charge < -0.3 is 14.7 Å². The van der Waals surface area contributed by atoms with Gasteiger partial charge >= 0.3 is 0 Å². The van der Waals surface area contributed by atoms with Crippen LogP contribution in [0.4, 0.5) is 5.82 Å². The van der Waals surface area contributed by atoms with Crippen LogP contribution in [0.3, 0.4) is 0 Å². The van der Waals surface area contributed by atoms with Crippen LogP contribution in [-0.2, 0) is 24.2 Å². The Bertz CT molecular complexity index is 896. The summed E-state index contributed by atoms with van der Waals surface area (Å²) in [4.78, 5) is 30.7. The lowest BCUT2D eigenvalue weighted by atomic mass is 9.97. The molecule has 1 amide bonds. The maximum absolute atomic E-state index is 11.8. The van der Waals surface area contributed by atoms with Crippen molar-refractivity contribution < 1.29 is 9.69 Å². The predicted octanol–water partition coefficient (Wildman–Crippen LogP) is 1.81. The highest BCUT2D eigenvalue weighted by atomic mass is 32.1. The maximum atomic E-state index is 11.8. The fourth-order valence-electron chi connectivity index (χ4n) is 5.17. The normalized spacial score (nSPS) is 20.9. The predicted molar refractivity (Wildman–Crippen MR) is 117 cm³/mol. The van der Waals surface area contributed by atoms with Crippen LogP contribution in [-0.4, -0.2) is 60.0 Å². The number of amides is 1. The molecule has 156 valence electrons. The zero-order chi connectivity index (χ0) is 19.8. The van der Waals surface area contributed by atoms with Gasteiger partial charge in [-0.05, 0) is 50.5 Å². The first-order valence-electron chi connectivity index (χ1n) is 11.3. The van der Waals surface area contributed by atoms with Crippen molar-refractivity contribution >= 4 is 33.3 Å². The van der Waals surface area contributed by atoms with Crippen molar-refractivity contribution in [2.24, 2.45) is 0 Å². The van der Waals surface area contributed by atoms with Gasteiger partial charge in [0.1, 0.15) is 17.2 Å². The summed E-state index contributed by atoms with van der Waals surface area (Å²) in [6.07, 6.45) is 8.94. The number of anilines is 1. The zero-order valence-corrected chi connectivity index (χ0v) is 18.3. The highest BCUT2D eigenvalue weighted by molar-refractivity contribution is 7.19. The van der Waals surface area contributed by atoms with Crippen LogP contribution in [0.2, 0.25) is 0 Å². The third-order valence-electron chi connectivity index (χ3n) is 6.84. The number of hydrogen-bond donors (Lipinski definition) is 1. The van der Waals surface area contributed by atoms with Crippen molar-refractivity contribution in [1.82, 2.24) is 14.9 Å². The highest BCUT2D eigenvalue weighted by Crippen LogP contribution is 2.40. The van der Waals surface area contributed by atoms with Crippen molar-refractivity contribution in [2.45, 2.75) is 58.4 Å². The van der Waals surface area contributed by atoms with E-state index in [1.54, 1.807) is 11.8 Å². The van der Waals surface area contributed by atoms with E-state index in [9.17, 15) is 4.79 Å². The number of fused-ring (bicyclic) bond motifs is 3. The van der Waals surface area contributed by atoms with Gasteiger partial charge in [0.2, 0.25) is 5.91 Å². The van der Waals surface area contributed by atoms with Crippen LogP contribution in [0.1, 0.15) is 55.3 Å². The molecule has 0 bridgehead atoms. The van der Waals surface area contributed by atoms with Crippen LogP contribution < -0.4 is 9.80 Å². The van der Waals surface area contributed by atoms with Gasteiger partial charge in [-0.2, -0.15) is 0 Å². The zero-order valence-electron chi connectivity index (χ0n) is 17.5. The Morgan fingerprint density at radius 3 is 2.52 bits per heavy atom. The number of piperazine rings is 1. The van der Waals surface area contributed by atoms with Crippen molar-refractivity contribution in [3.8, 4) is 0 Å². The molecule has 7 heteroatoms. The quantitative estimate of drug-likeness (QED) is 0.832. The molecule has 0 atom stereocenters. The van der Waals surface area contributed by atoms with E-state index in [2.05, 4.69) is 4.90 Å². The molecule has 29 heavy (non-hydrogen) atoms. The summed E-state index contributed by atoms with van der Waals surface area (Å²) in [6.45, 7) is 8.43. The Hall–Kier alpha value is -1.73. The molecule has 6 nitrogen and oxygen atoms in total. The number of aromatic nitrogens is 2. The fraction of sp³-hybridized carbons (Fsp3) is 0.682. The molecule has 3 aliphatic rings. The number of carbonyl (C=O) groups excluding carboxylic acids is 1. The van der Waals surface area contributed by atoms with Gasteiger partial charge in [-0.1, -0.05) is 0 Å². The molecule has 4 heterocycles. The van der Waals surface area contributed by atoms with Crippen LogP contribution in [0, 0.1) is 0 Å². The van der Waals surface area contributed by atoms with E-state index in [1.165, 1.54) is 72.3 Å². The molecule has 0 saturated carbocycles. The van der Waals surface area contributed by atoms with E-state index in [1.807, 2.05) is 16.2 Å². The van der Waals surface area contributed by atoms with E-state index < -0.39 is 0 Å². The first kappa shape index (κ1) is 19.2. The number of rotatable bonds is 3. The lowest BCUT2D eigenvalue weighted by molar-refractivity contribution is -0.919. The summed E-state index contributed by atoms with van der Waals surface area (Å²) in [5, 5.41) is 1.32. The van der Waals surface area contributed by atoms with Gasteiger partial charge in [-0.15, -0.1) is 11.3 Å². The van der Waals surface area contributed by atoms with E-state index >= 15 is 0 Å². The molecule has 0 spiro atoms. The molecular formula is C22H32N5OS+. The summed E-state index contributed by atoms with van der Waals surface area (Å²) in [5.74, 6) is 2.33.